The minimum absolute atomic E-state index is 0.111. The van der Waals surface area contributed by atoms with Crippen LogP contribution >= 0.6 is 0 Å². The summed E-state index contributed by atoms with van der Waals surface area (Å²) in [5, 5.41) is 11.1. The second-order valence-corrected chi connectivity index (χ2v) is 12.9. The molecule has 0 radical (unpaired) electrons. The number of nitriles is 1. The first-order valence-electron chi connectivity index (χ1n) is 14.8. The monoisotopic (exact) mass is 562 g/mol. The van der Waals surface area contributed by atoms with E-state index in [1.54, 1.807) is 4.57 Å². The molecule has 0 fully saturated rings. The van der Waals surface area contributed by atoms with Crippen molar-refractivity contribution in [3.8, 4) is 6.07 Å². The average molecular weight is 563 g/mol. The molecule has 0 saturated heterocycles. The summed E-state index contributed by atoms with van der Waals surface area (Å²) in [4.78, 5) is 25.8. The molecule has 5 nitrogen and oxygen atoms in total. The number of carbonyl (C=O) groups is 2. The molecule has 1 atom stereocenters. The Morgan fingerprint density at radius 3 is 2.17 bits per heavy atom. The van der Waals surface area contributed by atoms with Crippen LogP contribution in [0.4, 0.5) is 0 Å². The molecule has 0 bridgehead atoms. The second-order valence-electron chi connectivity index (χ2n) is 12.9. The lowest BCUT2D eigenvalue weighted by Crippen LogP contribution is -2.23. The van der Waals surface area contributed by atoms with Gasteiger partial charge in [-0.15, -0.1) is 0 Å². The lowest BCUT2D eigenvalue weighted by molar-refractivity contribution is -0.154. The molecule has 1 aromatic heterocycles. The molecule has 0 aliphatic carbocycles. The maximum Gasteiger partial charge on any atom is 0.306 e. The third-order valence-corrected chi connectivity index (χ3v) is 7.50. The van der Waals surface area contributed by atoms with Gasteiger partial charge in [0, 0.05) is 23.6 Å². The van der Waals surface area contributed by atoms with E-state index < -0.39 is 11.0 Å². The zero-order valence-electron chi connectivity index (χ0n) is 25.7. The van der Waals surface area contributed by atoms with Crippen molar-refractivity contribution in [1.29, 1.82) is 5.26 Å². The Kier molecular flexibility index (Phi) is 9.36. The van der Waals surface area contributed by atoms with Crippen LogP contribution in [0.25, 0.3) is 10.9 Å². The number of ether oxygens (including phenoxy) is 1. The number of nitrogens with zero attached hydrogens (tertiary/aromatic N) is 2. The van der Waals surface area contributed by atoms with Crippen LogP contribution in [0, 0.1) is 17.2 Å². The van der Waals surface area contributed by atoms with E-state index in [2.05, 4.69) is 44.2 Å². The summed E-state index contributed by atoms with van der Waals surface area (Å²) in [5.74, 6) is 0.262. The number of hydrogen-bond acceptors (Lipinski definition) is 4. The summed E-state index contributed by atoms with van der Waals surface area (Å²) in [5.41, 5.74) is 4.56. The summed E-state index contributed by atoms with van der Waals surface area (Å²) in [6, 6.07) is 26.4. The van der Waals surface area contributed by atoms with Crippen LogP contribution in [0.15, 0.2) is 79.0 Å². The van der Waals surface area contributed by atoms with Crippen LogP contribution in [-0.2, 0) is 34.2 Å². The first kappa shape index (κ1) is 30.8. The molecule has 1 heterocycles. The first-order chi connectivity index (χ1) is 19.9. The highest BCUT2D eigenvalue weighted by Gasteiger charge is 2.27. The molecule has 0 aliphatic rings. The summed E-state index contributed by atoms with van der Waals surface area (Å²) >= 11 is 0. The fourth-order valence-electron chi connectivity index (χ4n) is 5.43. The molecule has 4 aromatic rings. The van der Waals surface area contributed by atoms with E-state index in [9.17, 15) is 14.9 Å². The van der Waals surface area contributed by atoms with E-state index in [0.29, 0.717) is 37.2 Å². The van der Waals surface area contributed by atoms with E-state index in [4.69, 9.17) is 4.74 Å². The number of hydrogen-bond donors (Lipinski definition) is 0. The van der Waals surface area contributed by atoms with E-state index in [1.807, 2.05) is 82.4 Å². The molecule has 0 amide bonds. The van der Waals surface area contributed by atoms with Gasteiger partial charge in [0.2, 0.25) is 0 Å². The van der Waals surface area contributed by atoms with E-state index in [-0.39, 0.29) is 11.9 Å². The van der Waals surface area contributed by atoms with Crippen LogP contribution in [0.5, 0.6) is 0 Å². The Balaban J connectivity index is 1.48. The quantitative estimate of drug-likeness (QED) is 0.183. The van der Waals surface area contributed by atoms with Crippen molar-refractivity contribution in [2.24, 2.45) is 5.92 Å². The summed E-state index contributed by atoms with van der Waals surface area (Å²) in [7, 11) is 0. The molecule has 42 heavy (non-hydrogen) atoms. The molecule has 0 N–H and O–H groups in total. The van der Waals surface area contributed by atoms with Gasteiger partial charge < -0.3 is 4.74 Å². The summed E-state index contributed by atoms with van der Waals surface area (Å²) in [6.07, 6.45) is 5.11. The normalized spacial score (nSPS) is 13.1. The fourth-order valence-corrected chi connectivity index (χ4v) is 5.43. The minimum atomic E-state index is -0.674. The number of aryl methyl sites for hydroxylation is 1. The van der Waals surface area contributed by atoms with Gasteiger partial charge in [0.05, 0.1) is 17.0 Å². The summed E-state index contributed by atoms with van der Waals surface area (Å²) < 4.78 is 7.14. The summed E-state index contributed by atoms with van der Waals surface area (Å²) in [6.45, 7) is 12.0. The zero-order chi connectivity index (χ0) is 30.5. The van der Waals surface area contributed by atoms with Crippen molar-refractivity contribution in [2.45, 2.75) is 84.7 Å². The molecular formula is C37H42N2O3. The topological polar surface area (TPSA) is 72.1 Å². The predicted octanol–water partition coefficient (Wildman–Crippen LogP) is 8.22. The number of esters is 1. The Morgan fingerprint density at radius 2 is 1.55 bits per heavy atom. The van der Waals surface area contributed by atoms with Gasteiger partial charge in [0.1, 0.15) is 5.60 Å². The Bertz CT molecular complexity index is 1580. The molecule has 4 rings (SSSR count). The van der Waals surface area contributed by atoms with Gasteiger partial charge in [-0.2, -0.15) is 5.26 Å². The van der Waals surface area contributed by atoms with Crippen LogP contribution < -0.4 is 0 Å². The molecule has 0 aliphatic heterocycles. The van der Waals surface area contributed by atoms with Crippen molar-refractivity contribution in [1.82, 2.24) is 4.57 Å². The number of rotatable bonds is 10. The molecule has 0 spiro atoms. The minimum Gasteiger partial charge on any atom is -0.460 e. The molecule has 218 valence electrons. The molecular weight excluding hydrogens is 520 g/mol. The van der Waals surface area contributed by atoms with Gasteiger partial charge >= 0.3 is 5.97 Å². The van der Waals surface area contributed by atoms with Gasteiger partial charge in [0.25, 0.3) is 5.91 Å². The highest BCUT2D eigenvalue weighted by Crippen LogP contribution is 2.29. The van der Waals surface area contributed by atoms with Gasteiger partial charge in [-0.1, -0.05) is 68.4 Å². The largest absolute Gasteiger partial charge is 0.460 e. The van der Waals surface area contributed by atoms with Crippen LogP contribution in [0.3, 0.4) is 0 Å². The maximum absolute atomic E-state index is 13.6. The maximum atomic E-state index is 13.6. The number of carbonyl (C=O) groups excluding carboxylic acids is 2. The first-order valence-corrected chi connectivity index (χ1v) is 14.8. The van der Waals surface area contributed by atoms with Crippen LogP contribution in [0.2, 0.25) is 0 Å². The van der Waals surface area contributed by atoms with Crippen molar-refractivity contribution in [3.63, 3.8) is 0 Å². The number of aromatic nitrogens is 1. The van der Waals surface area contributed by atoms with E-state index >= 15 is 0 Å². The molecule has 5 heteroatoms. The standard InChI is InChI=1S/C37H42N2O3/c1-26(2)22-27-16-20-31(21-17-27)37(6,25-38)23-28-14-18-29(19-15-28)35(41)39-24-30(32-11-7-8-12-33(32)39)10-9-13-34(40)42-36(3,4)5/h7-8,11-12,14-21,24,26H,9-10,13,22-23H2,1-6H3/t37-/m0/s1. The fraction of sp³-hybridized carbons (Fsp3) is 0.378. The van der Waals surface area contributed by atoms with Crippen LogP contribution in [-0.4, -0.2) is 22.0 Å². The highest BCUT2D eigenvalue weighted by atomic mass is 16.6. The van der Waals surface area contributed by atoms with Crippen molar-refractivity contribution >= 4 is 22.8 Å². The van der Waals surface area contributed by atoms with Gasteiger partial charge in [-0.05, 0) is 99.7 Å². The van der Waals surface area contributed by atoms with Gasteiger partial charge in [0.15, 0.2) is 0 Å². The van der Waals surface area contributed by atoms with Gasteiger partial charge in [-0.3, -0.25) is 14.2 Å². The highest BCUT2D eigenvalue weighted by molar-refractivity contribution is 6.03. The smallest absolute Gasteiger partial charge is 0.306 e. The number of fused-ring (bicyclic) bond motifs is 1. The zero-order valence-corrected chi connectivity index (χ0v) is 25.7. The second kappa shape index (κ2) is 12.8. The Morgan fingerprint density at radius 1 is 0.905 bits per heavy atom. The van der Waals surface area contributed by atoms with E-state index in [0.717, 1.165) is 34.0 Å². The Labute approximate surface area is 250 Å². The van der Waals surface area contributed by atoms with Crippen LogP contribution in [0.1, 0.15) is 87.0 Å². The number of benzene rings is 3. The van der Waals surface area contributed by atoms with Crippen molar-refractivity contribution in [3.05, 3.63) is 107 Å². The van der Waals surface area contributed by atoms with E-state index in [1.165, 1.54) is 5.56 Å². The average Bonchev–Trinajstić information content (AvgIpc) is 3.30. The lowest BCUT2D eigenvalue weighted by atomic mass is 9.78. The van der Waals surface area contributed by atoms with Crippen molar-refractivity contribution in [2.75, 3.05) is 0 Å². The number of para-hydroxylation sites is 1. The van der Waals surface area contributed by atoms with Crippen molar-refractivity contribution < 1.29 is 14.3 Å². The molecule has 3 aromatic carbocycles. The predicted molar refractivity (Wildman–Crippen MR) is 169 cm³/mol. The van der Waals surface area contributed by atoms with Gasteiger partial charge in [-0.25, -0.2) is 0 Å². The third-order valence-electron chi connectivity index (χ3n) is 7.50. The SMILES string of the molecule is CC(C)Cc1ccc([C@](C)(C#N)Cc2ccc(C(=O)n3cc(CCCC(=O)OC(C)(C)C)c4ccccc43)cc2)cc1. The Hall–Kier alpha value is -4.17. The third kappa shape index (κ3) is 7.56. The molecule has 0 saturated carbocycles. The molecule has 0 unspecified atom stereocenters. The lowest BCUT2D eigenvalue weighted by Gasteiger charge is -2.23.